The fourth-order valence-corrected chi connectivity index (χ4v) is 3.14. The minimum absolute atomic E-state index is 0.330. The Hall–Kier alpha value is -2.22. The zero-order valence-corrected chi connectivity index (χ0v) is 16.7. The summed E-state index contributed by atoms with van der Waals surface area (Å²) in [7, 11) is 0. The van der Waals surface area contributed by atoms with Gasteiger partial charge in [-0.2, -0.15) is 10.2 Å². The number of azo groups is 1. The van der Waals surface area contributed by atoms with Crippen LogP contribution in [0.5, 0.6) is 0 Å². The minimum atomic E-state index is -0.837. The molecule has 0 radical (unpaired) electrons. The van der Waals surface area contributed by atoms with Gasteiger partial charge in [-0.3, -0.25) is 4.79 Å². The number of hydrogen-bond donors (Lipinski definition) is 3. The normalized spacial score (nSPS) is 13.6. The lowest BCUT2D eigenvalue weighted by molar-refractivity contribution is 0.0758. The topological polar surface area (TPSA) is 94.3 Å². The third-order valence-corrected chi connectivity index (χ3v) is 4.90. The molecule has 27 heavy (non-hydrogen) atoms. The Morgan fingerprint density at radius 2 is 1.74 bits per heavy atom. The molecule has 0 aliphatic rings. The summed E-state index contributed by atoms with van der Waals surface area (Å²) in [5.74, 6) is -0.363. The number of benzene rings is 2. The summed E-state index contributed by atoms with van der Waals surface area (Å²) < 4.78 is 0. The molecular formula is C20H25N3O3S. The van der Waals surface area contributed by atoms with E-state index in [-0.39, 0.29) is 12.5 Å². The molecule has 0 unspecified atom stereocenters. The highest BCUT2D eigenvalue weighted by molar-refractivity contribution is 7.98. The van der Waals surface area contributed by atoms with Gasteiger partial charge in [-0.05, 0) is 74.6 Å². The monoisotopic (exact) mass is 387 g/mol. The van der Waals surface area contributed by atoms with E-state index in [4.69, 9.17) is 0 Å². The van der Waals surface area contributed by atoms with Crippen LogP contribution in [0.4, 0.5) is 11.4 Å². The SMILES string of the molecule is CSc1cc(C)c(N=Nc2ccc(C(=O)N[C@@H](CO)[C@H](C)O)cc2)c(C)c1. The van der Waals surface area contributed by atoms with E-state index in [1.165, 1.54) is 11.8 Å². The molecule has 0 spiro atoms. The smallest absolute Gasteiger partial charge is 0.251 e. The number of aliphatic hydroxyl groups excluding tert-OH is 2. The van der Waals surface area contributed by atoms with Crippen molar-refractivity contribution in [3.63, 3.8) is 0 Å². The van der Waals surface area contributed by atoms with Crippen molar-refractivity contribution in [1.82, 2.24) is 5.32 Å². The summed E-state index contributed by atoms with van der Waals surface area (Å²) in [5, 5.41) is 29.9. The Morgan fingerprint density at radius 1 is 1.15 bits per heavy atom. The van der Waals surface area contributed by atoms with E-state index in [1.54, 1.807) is 36.0 Å². The van der Waals surface area contributed by atoms with Crippen molar-refractivity contribution in [1.29, 1.82) is 0 Å². The Balaban J connectivity index is 2.12. The first kappa shape index (κ1) is 21.1. The maximum Gasteiger partial charge on any atom is 0.251 e. The number of carbonyl (C=O) groups is 1. The van der Waals surface area contributed by atoms with Gasteiger partial charge in [0.1, 0.15) is 0 Å². The van der Waals surface area contributed by atoms with Crippen molar-refractivity contribution in [3.8, 4) is 0 Å². The van der Waals surface area contributed by atoms with Gasteiger partial charge in [0.15, 0.2) is 0 Å². The van der Waals surface area contributed by atoms with E-state index in [0.29, 0.717) is 11.3 Å². The van der Waals surface area contributed by atoms with Gasteiger partial charge in [0.2, 0.25) is 0 Å². The molecular weight excluding hydrogens is 362 g/mol. The van der Waals surface area contributed by atoms with Crippen molar-refractivity contribution in [2.45, 2.75) is 37.8 Å². The number of nitrogens with zero attached hydrogens (tertiary/aromatic N) is 2. The van der Waals surface area contributed by atoms with Crippen LogP contribution >= 0.6 is 11.8 Å². The van der Waals surface area contributed by atoms with Gasteiger partial charge in [-0.25, -0.2) is 0 Å². The zero-order chi connectivity index (χ0) is 20.0. The molecule has 2 aromatic rings. The highest BCUT2D eigenvalue weighted by Gasteiger charge is 2.17. The second kappa shape index (κ2) is 9.64. The molecule has 0 bridgehead atoms. The first-order valence-corrected chi connectivity index (χ1v) is 9.85. The Morgan fingerprint density at radius 3 is 2.22 bits per heavy atom. The molecule has 2 aromatic carbocycles. The average Bonchev–Trinajstić information content (AvgIpc) is 2.65. The maximum atomic E-state index is 12.2. The first-order valence-electron chi connectivity index (χ1n) is 8.62. The van der Waals surface area contributed by atoms with E-state index in [9.17, 15) is 15.0 Å². The third kappa shape index (κ3) is 5.63. The first-order chi connectivity index (χ1) is 12.8. The van der Waals surface area contributed by atoms with Crippen LogP contribution in [0.2, 0.25) is 0 Å². The summed E-state index contributed by atoms with van der Waals surface area (Å²) >= 11 is 1.69. The molecule has 7 heteroatoms. The highest BCUT2D eigenvalue weighted by atomic mass is 32.2. The van der Waals surface area contributed by atoms with Crippen molar-refractivity contribution < 1.29 is 15.0 Å². The number of carbonyl (C=O) groups excluding carboxylic acids is 1. The van der Waals surface area contributed by atoms with E-state index < -0.39 is 12.1 Å². The minimum Gasteiger partial charge on any atom is -0.394 e. The van der Waals surface area contributed by atoms with E-state index in [2.05, 4.69) is 27.7 Å². The van der Waals surface area contributed by atoms with Gasteiger partial charge in [0, 0.05) is 10.5 Å². The molecule has 1 amide bonds. The molecule has 0 aliphatic carbocycles. The summed E-state index contributed by atoms with van der Waals surface area (Å²) in [6.07, 6.45) is 1.20. The van der Waals surface area contributed by atoms with Crippen molar-refractivity contribution in [3.05, 3.63) is 53.1 Å². The molecule has 0 saturated heterocycles. The van der Waals surface area contributed by atoms with Crippen molar-refractivity contribution in [2.75, 3.05) is 12.9 Å². The van der Waals surface area contributed by atoms with Gasteiger partial charge < -0.3 is 15.5 Å². The summed E-state index contributed by atoms with van der Waals surface area (Å²) in [5.41, 5.74) is 4.02. The lowest BCUT2D eigenvalue weighted by Crippen LogP contribution is -2.44. The van der Waals surface area contributed by atoms with Crippen LogP contribution in [0.3, 0.4) is 0 Å². The molecule has 0 heterocycles. The summed E-state index contributed by atoms with van der Waals surface area (Å²) in [4.78, 5) is 13.4. The lowest BCUT2D eigenvalue weighted by Gasteiger charge is -2.18. The number of nitrogens with one attached hydrogen (secondary N) is 1. The number of rotatable bonds is 7. The average molecular weight is 388 g/mol. The van der Waals surface area contributed by atoms with Crippen LogP contribution < -0.4 is 5.32 Å². The molecule has 0 saturated carbocycles. The Labute approximate surface area is 163 Å². The highest BCUT2D eigenvalue weighted by Crippen LogP contribution is 2.30. The molecule has 0 aliphatic heterocycles. The lowest BCUT2D eigenvalue weighted by atomic mass is 10.1. The molecule has 0 aromatic heterocycles. The summed E-state index contributed by atoms with van der Waals surface area (Å²) in [6.45, 7) is 5.20. The van der Waals surface area contributed by atoms with Crippen LogP contribution in [0.25, 0.3) is 0 Å². The van der Waals surface area contributed by atoms with Gasteiger partial charge in [0.05, 0.1) is 30.1 Å². The summed E-state index contributed by atoms with van der Waals surface area (Å²) in [6, 6.07) is 10.1. The predicted octanol–water partition coefficient (Wildman–Crippen LogP) is 3.91. The van der Waals surface area contributed by atoms with Crippen molar-refractivity contribution >= 4 is 29.0 Å². The number of aryl methyl sites for hydroxylation is 2. The van der Waals surface area contributed by atoms with E-state index in [0.717, 1.165) is 16.8 Å². The molecule has 3 N–H and O–H groups in total. The van der Waals surface area contributed by atoms with E-state index >= 15 is 0 Å². The largest absolute Gasteiger partial charge is 0.394 e. The molecule has 0 fully saturated rings. The van der Waals surface area contributed by atoms with Gasteiger partial charge >= 0.3 is 0 Å². The van der Waals surface area contributed by atoms with Crippen LogP contribution in [-0.4, -0.2) is 41.1 Å². The standard InChI is InChI=1S/C20H25N3O3S/c1-12-9-17(27-4)10-13(2)19(12)23-22-16-7-5-15(6-8-16)20(26)21-18(11-24)14(3)25/h5-10,14,18,24-25H,11H2,1-4H3,(H,21,26)/t14-,18-/m0/s1. The van der Waals surface area contributed by atoms with Gasteiger partial charge in [-0.1, -0.05) is 0 Å². The fraction of sp³-hybridized carbons (Fsp3) is 0.350. The molecule has 2 rings (SSSR count). The second-order valence-electron chi connectivity index (χ2n) is 6.36. The zero-order valence-electron chi connectivity index (χ0n) is 15.9. The molecule has 2 atom stereocenters. The third-order valence-electron chi connectivity index (χ3n) is 4.19. The van der Waals surface area contributed by atoms with Crippen LogP contribution in [0.1, 0.15) is 28.4 Å². The Bertz CT molecular complexity index is 797. The van der Waals surface area contributed by atoms with Crippen LogP contribution in [0.15, 0.2) is 51.5 Å². The predicted molar refractivity (Wildman–Crippen MR) is 108 cm³/mol. The van der Waals surface area contributed by atoms with Crippen molar-refractivity contribution in [2.24, 2.45) is 10.2 Å². The van der Waals surface area contributed by atoms with E-state index in [1.807, 2.05) is 20.1 Å². The number of thioether (sulfide) groups is 1. The number of hydrogen-bond acceptors (Lipinski definition) is 6. The molecule has 6 nitrogen and oxygen atoms in total. The van der Waals surface area contributed by atoms with Crippen LogP contribution in [-0.2, 0) is 0 Å². The van der Waals surface area contributed by atoms with Gasteiger partial charge in [0.25, 0.3) is 5.91 Å². The van der Waals surface area contributed by atoms with Gasteiger partial charge in [-0.15, -0.1) is 11.8 Å². The maximum absolute atomic E-state index is 12.2. The van der Waals surface area contributed by atoms with Crippen LogP contribution in [0, 0.1) is 13.8 Å². The Kier molecular flexibility index (Phi) is 7.53. The number of aliphatic hydroxyl groups is 2. The second-order valence-corrected chi connectivity index (χ2v) is 7.24. The number of amides is 1. The fourth-order valence-electron chi connectivity index (χ4n) is 2.55. The molecule has 144 valence electrons. The quantitative estimate of drug-likeness (QED) is 0.496.